The number of aliphatic imine (C=N–C) groups is 1. The molecule has 8 nitrogen and oxygen atoms in total. The molecule has 0 N–H and O–H groups in total. The van der Waals surface area contributed by atoms with Gasteiger partial charge in [0.1, 0.15) is 6.54 Å². The molecule has 0 amide bonds. The Morgan fingerprint density at radius 3 is 2.38 bits per heavy atom. The molecule has 10 heteroatoms. The second kappa shape index (κ2) is 14.6. The zero-order valence-electron chi connectivity index (χ0n) is 28.0. The number of carboxylic acid groups (broad SMARTS) is 1. The zero-order valence-corrected chi connectivity index (χ0v) is 29.6. The van der Waals surface area contributed by atoms with Crippen molar-refractivity contribution < 1.29 is 32.0 Å². The highest BCUT2D eigenvalue weighted by Gasteiger charge is 2.44. The summed E-state index contributed by atoms with van der Waals surface area (Å²) < 4.78 is 37.5. The molecule has 2 aliphatic rings. The molecule has 0 aliphatic carbocycles. The maximum atomic E-state index is 11.1. The minimum atomic E-state index is -4.26. The van der Waals surface area contributed by atoms with E-state index in [1.807, 2.05) is 47.2 Å². The first-order valence-corrected chi connectivity index (χ1v) is 18.8. The van der Waals surface area contributed by atoms with Crippen molar-refractivity contribution in [2.24, 2.45) is 4.99 Å². The van der Waals surface area contributed by atoms with Crippen LogP contribution in [0.2, 0.25) is 0 Å². The number of carboxylic acids is 1. The fourth-order valence-corrected chi connectivity index (χ4v) is 7.74. The smallest absolute Gasteiger partial charge is 0.327 e. The van der Waals surface area contributed by atoms with Crippen LogP contribution in [0.3, 0.4) is 0 Å². The van der Waals surface area contributed by atoms with Crippen molar-refractivity contribution in [3.05, 3.63) is 102 Å². The molecular formula is C38H43N3O5S2. The third-order valence-electron chi connectivity index (χ3n) is 9.18. The molecule has 4 heterocycles. The van der Waals surface area contributed by atoms with Crippen molar-refractivity contribution in [3.8, 4) is 10.4 Å². The van der Waals surface area contributed by atoms with Gasteiger partial charge in [-0.3, -0.25) is 0 Å². The Kier molecular flexibility index (Phi) is 10.8. The molecule has 0 atom stereocenters. The highest BCUT2D eigenvalue weighted by molar-refractivity contribution is 7.85. The average molecular weight is 686 g/mol. The number of carbonyl (C=O) groups excluding carboxylic acids is 1. The summed E-state index contributed by atoms with van der Waals surface area (Å²) in [6.07, 6.45) is 16.7. The molecule has 2 aromatic heterocycles. The van der Waals surface area contributed by atoms with Crippen LogP contribution in [0.5, 0.6) is 0 Å². The van der Waals surface area contributed by atoms with Gasteiger partial charge in [-0.05, 0) is 106 Å². The van der Waals surface area contributed by atoms with E-state index >= 15 is 0 Å². The Morgan fingerprint density at radius 2 is 1.67 bits per heavy atom. The molecule has 0 spiro atoms. The number of thiophene rings is 1. The van der Waals surface area contributed by atoms with Crippen LogP contribution in [-0.4, -0.2) is 47.2 Å². The van der Waals surface area contributed by atoms with Crippen LogP contribution in [0.25, 0.3) is 10.4 Å². The maximum absolute atomic E-state index is 11.1. The fraction of sp³-hybridized carbons (Fsp3) is 0.368. The maximum Gasteiger partial charge on any atom is 0.327 e. The normalized spacial score (nSPS) is 16.7. The van der Waals surface area contributed by atoms with E-state index in [0.717, 1.165) is 36.5 Å². The van der Waals surface area contributed by atoms with Crippen LogP contribution in [0, 0.1) is 0 Å². The molecule has 0 unspecified atom stereocenters. The Morgan fingerprint density at radius 1 is 0.896 bits per heavy atom. The quantitative estimate of drug-likeness (QED) is 0.0835. The summed E-state index contributed by atoms with van der Waals surface area (Å²) in [6, 6.07) is 14.9. The molecule has 252 valence electrons. The van der Waals surface area contributed by atoms with Crippen molar-refractivity contribution in [1.29, 1.82) is 0 Å². The lowest BCUT2D eigenvalue weighted by Gasteiger charge is -2.16. The van der Waals surface area contributed by atoms with Gasteiger partial charge in [0.2, 0.25) is 5.69 Å². The lowest BCUT2D eigenvalue weighted by Crippen LogP contribution is -2.35. The van der Waals surface area contributed by atoms with E-state index < -0.39 is 21.8 Å². The molecule has 48 heavy (non-hydrogen) atoms. The number of fused-ring (bicyclic) bond motifs is 2. The molecule has 0 bridgehead atoms. The summed E-state index contributed by atoms with van der Waals surface area (Å²) in [5.41, 5.74) is 6.27. The van der Waals surface area contributed by atoms with Crippen LogP contribution in [-0.2, 0) is 32.3 Å². The van der Waals surface area contributed by atoms with Gasteiger partial charge in [-0.2, -0.15) is 4.58 Å². The Balaban J connectivity index is 1.33. The van der Waals surface area contributed by atoms with Crippen LogP contribution < -0.4 is 9.67 Å². The van der Waals surface area contributed by atoms with Gasteiger partial charge in [-0.25, -0.2) is 13.0 Å². The van der Waals surface area contributed by atoms with Gasteiger partial charge in [0.25, 0.3) is 0 Å². The Hall–Kier alpha value is -3.99. The van der Waals surface area contributed by atoms with E-state index in [4.69, 9.17) is 4.99 Å². The lowest BCUT2D eigenvalue weighted by molar-refractivity contribution is -0.684. The molecular weight excluding hydrogens is 643 g/mol. The van der Waals surface area contributed by atoms with E-state index in [0.29, 0.717) is 13.0 Å². The summed E-state index contributed by atoms with van der Waals surface area (Å²) in [4.78, 5) is 17.0. The SMILES string of the molecule is CC1(C)C(/C=C/C=C/C=C/C2=Nc3c(ccc[n+]3CCCS(=O)(=O)[O-])C2(C)C)=[N+](CCCCCC(=O)[O-])c2ccc(-c3cccs3)cc21. The van der Waals surface area contributed by atoms with Crippen molar-refractivity contribution >= 4 is 50.4 Å². The first-order chi connectivity index (χ1) is 22.8. The number of hydrogen-bond donors (Lipinski definition) is 0. The van der Waals surface area contributed by atoms with E-state index in [9.17, 15) is 22.9 Å². The molecule has 0 saturated heterocycles. The number of aromatic nitrogens is 1. The number of rotatable bonds is 15. The Bertz CT molecular complexity index is 1930. The second-order valence-corrected chi connectivity index (χ2v) is 15.8. The van der Waals surface area contributed by atoms with Gasteiger partial charge in [-0.1, -0.05) is 30.4 Å². The van der Waals surface area contributed by atoms with Gasteiger partial charge in [0.05, 0.1) is 39.3 Å². The predicted molar refractivity (Wildman–Crippen MR) is 189 cm³/mol. The Labute approximate surface area is 288 Å². The largest absolute Gasteiger partial charge is 0.748 e. The standard InChI is InChI=1S/C38H43N3O5S2/c1-37(2)29-15-12-22-40(23-14-26-48(44,45)46)36(29)39-33(37)17-8-5-6-9-18-34-38(3,4)30-27-28(32-16-13-25-47-32)20-21-31(30)41(34)24-11-7-10-19-35(42)43/h5-6,8-9,12-13,15-18,20-22,25,27H,7,10-11,14,19,23-24,26H2,1-4H3/b6-5+,17-8+,18-9+. The first-order valence-electron chi connectivity index (χ1n) is 16.4. The van der Waals surface area contributed by atoms with E-state index in [2.05, 4.69) is 80.1 Å². The fourth-order valence-electron chi connectivity index (χ4n) is 6.54. The average Bonchev–Trinajstić information content (AvgIpc) is 3.70. The first kappa shape index (κ1) is 35.3. The highest BCUT2D eigenvalue weighted by atomic mass is 32.2. The minimum absolute atomic E-state index is 0.0890. The van der Waals surface area contributed by atoms with Gasteiger partial charge in [0, 0.05) is 40.7 Å². The van der Waals surface area contributed by atoms with Gasteiger partial charge in [0.15, 0.2) is 11.4 Å². The van der Waals surface area contributed by atoms with Crippen LogP contribution >= 0.6 is 11.3 Å². The minimum Gasteiger partial charge on any atom is -0.748 e. The van der Waals surface area contributed by atoms with Crippen molar-refractivity contribution in [1.82, 2.24) is 0 Å². The summed E-state index contributed by atoms with van der Waals surface area (Å²) >= 11 is 1.73. The van der Waals surface area contributed by atoms with E-state index in [1.165, 1.54) is 27.4 Å². The molecule has 0 saturated carbocycles. The monoisotopic (exact) mass is 685 g/mol. The van der Waals surface area contributed by atoms with E-state index in [-0.39, 0.29) is 23.7 Å². The number of pyridine rings is 1. The van der Waals surface area contributed by atoms with Crippen LogP contribution in [0.15, 0.2) is 95.5 Å². The number of aliphatic carboxylic acids is 1. The zero-order chi connectivity index (χ0) is 34.5. The molecule has 5 rings (SSSR count). The number of carbonyl (C=O) groups is 1. The highest BCUT2D eigenvalue weighted by Crippen LogP contribution is 2.43. The third-order valence-corrected chi connectivity index (χ3v) is 10.9. The predicted octanol–water partition coefficient (Wildman–Crippen LogP) is 6.06. The molecule has 2 aliphatic heterocycles. The molecule has 0 radical (unpaired) electrons. The molecule has 1 aromatic carbocycles. The summed E-state index contributed by atoms with van der Waals surface area (Å²) in [7, 11) is -4.26. The van der Waals surface area contributed by atoms with Gasteiger partial charge >= 0.3 is 5.82 Å². The number of hydrogen-bond acceptors (Lipinski definition) is 7. The van der Waals surface area contributed by atoms with Crippen LogP contribution in [0.1, 0.15) is 70.9 Å². The summed E-state index contributed by atoms with van der Waals surface area (Å²) in [6.45, 7) is 9.95. The summed E-state index contributed by atoms with van der Waals surface area (Å²) in [5, 5.41) is 13.0. The molecule has 0 fully saturated rings. The van der Waals surface area contributed by atoms with E-state index in [1.54, 1.807) is 11.3 Å². The topological polar surface area (TPSA) is 117 Å². The van der Waals surface area contributed by atoms with Crippen molar-refractivity contribution in [2.75, 3.05) is 12.3 Å². The van der Waals surface area contributed by atoms with Crippen molar-refractivity contribution in [2.45, 2.75) is 77.2 Å². The second-order valence-electron chi connectivity index (χ2n) is 13.3. The number of benzene rings is 1. The summed E-state index contributed by atoms with van der Waals surface area (Å²) in [5.74, 6) is -0.609. The number of aryl methyl sites for hydroxylation is 1. The van der Waals surface area contributed by atoms with Gasteiger partial charge < -0.3 is 14.5 Å². The van der Waals surface area contributed by atoms with Gasteiger partial charge in [-0.15, -0.1) is 11.3 Å². The van der Waals surface area contributed by atoms with Crippen LogP contribution in [0.4, 0.5) is 11.5 Å². The molecule has 3 aromatic rings. The number of allylic oxidation sites excluding steroid dienone is 6. The lowest BCUT2D eigenvalue weighted by atomic mass is 9.80. The number of unbranched alkanes of at least 4 members (excludes halogenated alkanes) is 2. The third kappa shape index (κ3) is 7.99. The van der Waals surface area contributed by atoms with Crippen molar-refractivity contribution in [3.63, 3.8) is 0 Å². The number of nitrogens with zero attached hydrogens (tertiary/aromatic N) is 3.